The maximum absolute atomic E-state index is 5.62. The highest BCUT2D eigenvalue weighted by Gasteiger charge is 2.29. The second-order valence-corrected chi connectivity index (χ2v) is 14.8. The Morgan fingerprint density at radius 2 is 1.33 bits per heavy atom. The summed E-state index contributed by atoms with van der Waals surface area (Å²) in [7, 11) is 0. The fourth-order valence-corrected chi connectivity index (χ4v) is 9.12. The molecule has 0 atom stereocenters. The van der Waals surface area contributed by atoms with Gasteiger partial charge in [0.1, 0.15) is 22.6 Å². The number of imidazole rings is 1. The van der Waals surface area contributed by atoms with Crippen LogP contribution < -0.4 is 0 Å². The van der Waals surface area contributed by atoms with E-state index in [-0.39, 0.29) is 0 Å². The molecule has 0 fully saturated rings. The number of benzene rings is 6. The maximum atomic E-state index is 5.62. The van der Waals surface area contributed by atoms with Crippen molar-refractivity contribution in [3.8, 4) is 55.6 Å². The summed E-state index contributed by atoms with van der Waals surface area (Å²) in [5.41, 5.74) is 13.1. The van der Waals surface area contributed by atoms with E-state index in [0.717, 1.165) is 98.9 Å². The normalized spacial score (nSPS) is 12.0. The van der Waals surface area contributed by atoms with Crippen LogP contribution in [0.4, 0.5) is 0 Å². The summed E-state index contributed by atoms with van der Waals surface area (Å²) in [5.74, 6) is 0.709. The van der Waals surface area contributed by atoms with Gasteiger partial charge in [-0.2, -0.15) is 5.10 Å². The Bertz CT molecular complexity index is 3380. The van der Waals surface area contributed by atoms with Crippen LogP contribution in [0.25, 0.3) is 120 Å². The molecule has 12 rings (SSSR count). The fraction of sp³-hybridized carbons (Fsp3) is 0. The molecule has 258 valence electrons. The van der Waals surface area contributed by atoms with Crippen LogP contribution in [0.3, 0.4) is 0 Å². The van der Waals surface area contributed by atoms with E-state index in [9.17, 15) is 0 Å². The molecule has 6 aromatic heterocycles. The minimum Gasteiger partial charge on any atom is -0.354 e. The molecular formula is C45H26N8OS. The number of pyridine rings is 1. The molecule has 0 unspecified atom stereocenters. The summed E-state index contributed by atoms with van der Waals surface area (Å²) in [6.07, 6.45) is 0. The van der Waals surface area contributed by atoms with Crippen molar-refractivity contribution in [2.45, 2.75) is 0 Å². The minimum atomic E-state index is 0.679. The number of rotatable bonds is 5. The van der Waals surface area contributed by atoms with E-state index in [1.54, 1.807) is 11.3 Å². The standard InChI is InChI=1S/C45H26N8OS/c1-4-14-29-24(10-1)22-35(46-29)38-26(27-13-9-18-34-42(27)53-54-52-34)20-21-33-39(38)40(43-28-12-3-5-15-30(28)50-51-43)41(45-48-31-16-6-7-17-32(31)49-45)44(47-33)37-23-25-11-2-8-19-36(25)55-37/h1-23,46H,(H,48,49)(H,50,51). The van der Waals surface area contributed by atoms with Crippen molar-refractivity contribution >= 4 is 76.2 Å². The van der Waals surface area contributed by atoms with Crippen LogP contribution in [0, 0.1) is 0 Å². The van der Waals surface area contributed by atoms with Gasteiger partial charge < -0.3 is 9.97 Å². The summed E-state index contributed by atoms with van der Waals surface area (Å²) in [6, 6.07) is 47.9. The number of aromatic nitrogens is 8. The molecule has 10 heteroatoms. The number of thiophene rings is 1. The first kappa shape index (κ1) is 30.1. The van der Waals surface area contributed by atoms with E-state index < -0.39 is 0 Å². The van der Waals surface area contributed by atoms with Crippen molar-refractivity contribution < 1.29 is 4.63 Å². The summed E-state index contributed by atoms with van der Waals surface area (Å²) < 4.78 is 6.47. The predicted molar refractivity (Wildman–Crippen MR) is 221 cm³/mol. The number of nitrogens with one attached hydrogen (secondary N) is 3. The Hall–Kier alpha value is -7.43. The minimum absolute atomic E-state index is 0.679. The van der Waals surface area contributed by atoms with Crippen molar-refractivity contribution in [2.75, 3.05) is 0 Å². The predicted octanol–water partition coefficient (Wildman–Crippen LogP) is 11.6. The van der Waals surface area contributed by atoms with Gasteiger partial charge in [0.2, 0.25) is 0 Å². The molecule has 9 nitrogen and oxygen atoms in total. The van der Waals surface area contributed by atoms with Gasteiger partial charge in [-0.25, -0.2) is 14.6 Å². The number of nitrogens with zero attached hydrogens (tertiary/aromatic N) is 5. The fourth-order valence-electron chi connectivity index (χ4n) is 8.06. The molecule has 12 aromatic rings. The maximum Gasteiger partial charge on any atom is 0.143 e. The van der Waals surface area contributed by atoms with E-state index in [1.165, 1.54) is 4.70 Å². The molecule has 0 saturated carbocycles. The second kappa shape index (κ2) is 11.5. The van der Waals surface area contributed by atoms with Crippen LogP contribution >= 0.6 is 11.3 Å². The van der Waals surface area contributed by atoms with E-state index >= 15 is 0 Å². The average Bonchev–Trinajstić information content (AvgIpc) is 4.08. The van der Waals surface area contributed by atoms with Gasteiger partial charge in [0, 0.05) is 48.8 Å². The number of aromatic amines is 3. The monoisotopic (exact) mass is 726 g/mol. The van der Waals surface area contributed by atoms with Gasteiger partial charge in [0.05, 0.1) is 38.2 Å². The lowest BCUT2D eigenvalue weighted by atomic mass is 9.87. The molecule has 6 heterocycles. The molecule has 55 heavy (non-hydrogen) atoms. The highest BCUT2D eigenvalue weighted by Crippen LogP contribution is 2.51. The van der Waals surface area contributed by atoms with Crippen LogP contribution in [0.5, 0.6) is 0 Å². The zero-order valence-electron chi connectivity index (χ0n) is 28.8. The largest absolute Gasteiger partial charge is 0.354 e. The van der Waals surface area contributed by atoms with Gasteiger partial charge in [0.15, 0.2) is 0 Å². The highest BCUT2D eigenvalue weighted by atomic mass is 32.1. The lowest BCUT2D eigenvalue weighted by molar-refractivity contribution is 0.315. The SMILES string of the molecule is c1ccc2[nH]c(-c3c(-c4cccc5nonc45)ccc4nc(-c5cc6ccccc6s5)c(-c5nc6ccccc6[nH]5)c(-c5n[nH]c6ccccc56)c34)cc2c1. The third-order valence-electron chi connectivity index (χ3n) is 10.5. The van der Waals surface area contributed by atoms with Gasteiger partial charge in [0.25, 0.3) is 0 Å². The Balaban J connectivity index is 1.32. The van der Waals surface area contributed by atoms with Crippen LogP contribution in [-0.2, 0) is 0 Å². The van der Waals surface area contributed by atoms with E-state index in [2.05, 4.69) is 122 Å². The molecule has 6 aromatic carbocycles. The van der Waals surface area contributed by atoms with Crippen LogP contribution in [0.15, 0.2) is 144 Å². The number of fused-ring (bicyclic) bond motifs is 6. The smallest absolute Gasteiger partial charge is 0.143 e. The molecule has 0 spiro atoms. The molecular weight excluding hydrogens is 701 g/mol. The van der Waals surface area contributed by atoms with Gasteiger partial charge in [-0.05, 0) is 75.9 Å². The summed E-state index contributed by atoms with van der Waals surface area (Å²) in [6.45, 7) is 0. The zero-order chi connectivity index (χ0) is 36.0. The first-order chi connectivity index (χ1) is 27.2. The third kappa shape index (κ3) is 4.55. The number of hydrogen-bond donors (Lipinski definition) is 3. The summed E-state index contributed by atoms with van der Waals surface area (Å²) in [4.78, 5) is 19.4. The van der Waals surface area contributed by atoms with Crippen LogP contribution in [0.2, 0.25) is 0 Å². The summed E-state index contributed by atoms with van der Waals surface area (Å²) in [5, 5.41) is 21.2. The number of para-hydroxylation sites is 4. The lowest BCUT2D eigenvalue weighted by Crippen LogP contribution is -2.00. The van der Waals surface area contributed by atoms with E-state index in [0.29, 0.717) is 16.9 Å². The summed E-state index contributed by atoms with van der Waals surface area (Å²) >= 11 is 1.73. The Morgan fingerprint density at radius 3 is 2.22 bits per heavy atom. The lowest BCUT2D eigenvalue weighted by Gasteiger charge is -2.19. The molecule has 0 aliphatic rings. The third-order valence-corrected chi connectivity index (χ3v) is 11.6. The van der Waals surface area contributed by atoms with Crippen molar-refractivity contribution in [3.63, 3.8) is 0 Å². The Morgan fingerprint density at radius 1 is 0.527 bits per heavy atom. The molecule has 0 radical (unpaired) electrons. The van der Waals surface area contributed by atoms with Crippen LogP contribution in [0.1, 0.15) is 0 Å². The second-order valence-electron chi connectivity index (χ2n) is 13.7. The van der Waals surface area contributed by atoms with Crippen molar-refractivity contribution in [3.05, 3.63) is 140 Å². The highest BCUT2D eigenvalue weighted by molar-refractivity contribution is 7.22. The number of hydrogen-bond acceptors (Lipinski definition) is 7. The van der Waals surface area contributed by atoms with Gasteiger partial charge in [-0.3, -0.25) is 5.10 Å². The number of H-pyrrole nitrogens is 3. The molecule has 0 amide bonds. The van der Waals surface area contributed by atoms with Gasteiger partial charge in [-0.1, -0.05) is 84.9 Å². The van der Waals surface area contributed by atoms with Crippen LogP contribution in [-0.4, -0.2) is 40.4 Å². The molecule has 0 aliphatic carbocycles. The quantitative estimate of drug-likeness (QED) is 0.162. The average molecular weight is 727 g/mol. The molecule has 0 saturated heterocycles. The Labute approximate surface area is 315 Å². The van der Waals surface area contributed by atoms with Crippen molar-refractivity contribution in [2.24, 2.45) is 0 Å². The Kier molecular flexibility index (Phi) is 6.31. The van der Waals surface area contributed by atoms with Gasteiger partial charge in [-0.15, -0.1) is 11.3 Å². The van der Waals surface area contributed by atoms with E-state index in [4.69, 9.17) is 19.7 Å². The molecule has 0 aliphatic heterocycles. The first-order valence-corrected chi connectivity index (χ1v) is 18.7. The topological polar surface area (TPSA) is 125 Å². The van der Waals surface area contributed by atoms with Gasteiger partial charge >= 0.3 is 0 Å². The molecule has 3 N–H and O–H groups in total. The van der Waals surface area contributed by atoms with Crippen molar-refractivity contribution in [1.29, 1.82) is 0 Å². The van der Waals surface area contributed by atoms with E-state index in [1.807, 2.05) is 42.5 Å². The zero-order valence-corrected chi connectivity index (χ0v) is 29.6. The van der Waals surface area contributed by atoms with Crippen molar-refractivity contribution in [1.82, 2.24) is 40.4 Å². The first-order valence-electron chi connectivity index (χ1n) is 17.9. The molecule has 0 bridgehead atoms.